The van der Waals surface area contributed by atoms with Crippen LogP contribution in [0.1, 0.15) is 34.7 Å². The van der Waals surface area contributed by atoms with Crippen LogP contribution >= 0.6 is 23.5 Å². The Bertz CT molecular complexity index is 1220. The van der Waals surface area contributed by atoms with E-state index in [1.807, 2.05) is 36.5 Å². The van der Waals surface area contributed by atoms with Gasteiger partial charge in [-0.1, -0.05) is 48.5 Å². The largest absolute Gasteiger partial charge is 0.478 e. The predicted molar refractivity (Wildman–Crippen MR) is 128 cm³/mol. The molecule has 0 spiro atoms. The van der Waals surface area contributed by atoms with Gasteiger partial charge in [-0.3, -0.25) is 0 Å². The summed E-state index contributed by atoms with van der Waals surface area (Å²) in [4.78, 5) is 13.6. The second-order valence-corrected chi connectivity index (χ2v) is 9.22. The van der Waals surface area contributed by atoms with E-state index in [9.17, 15) is 9.90 Å². The van der Waals surface area contributed by atoms with Crippen molar-refractivity contribution in [2.75, 3.05) is 4.72 Å². The van der Waals surface area contributed by atoms with Crippen LogP contribution in [0.5, 0.6) is 0 Å². The monoisotopic (exact) mass is 444 g/mol. The van der Waals surface area contributed by atoms with Crippen molar-refractivity contribution in [3.8, 4) is 21.6 Å². The molecular formula is C25H20N2O2S2. The van der Waals surface area contributed by atoms with Crippen LogP contribution in [-0.2, 0) is 0 Å². The van der Waals surface area contributed by atoms with Gasteiger partial charge in [0.25, 0.3) is 0 Å². The van der Waals surface area contributed by atoms with Gasteiger partial charge < -0.3 is 9.83 Å². The maximum Gasteiger partial charge on any atom is 0.335 e. The van der Waals surface area contributed by atoms with Crippen LogP contribution in [0, 0.1) is 0 Å². The van der Waals surface area contributed by atoms with Crippen LogP contribution in [0.15, 0.2) is 83.9 Å². The Balaban J connectivity index is 1.51. The molecule has 31 heavy (non-hydrogen) atoms. The number of benzene rings is 3. The first-order valence-corrected chi connectivity index (χ1v) is 11.7. The fourth-order valence-electron chi connectivity index (χ4n) is 3.61. The molecule has 1 saturated carbocycles. The second-order valence-electron chi connectivity index (χ2n) is 7.54. The van der Waals surface area contributed by atoms with Gasteiger partial charge in [0.1, 0.15) is 0 Å². The number of hydrogen-bond donors (Lipinski definition) is 2. The Morgan fingerprint density at radius 1 is 1.00 bits per heavy atom. The molecule has 6 heteroatoms. The maximum absolute atomic E-state index is 11.5. The van der Waals surface area contributed by atoms with Gasteiger partial charge in [0.05, 0.1) is 16.1 Å². The molecular weight excluding hydrogens is 424 g/mol. The molecule has 0 radical (unpaired) electrons. The molecule has 1 heterocycles. The molecule has 0 atom stereocenters. The lowest BCUT2D eigenvalue weighted by atomic mass is 10.0. The van der Waals surface area contributed by atoms with E-state index in [0.29, 0.717) is 11.5 Å². The lowest BCUT2D eigenvalue weighted by Crippen LogP contribution is -1.99. The third kappa shape index (κ3) is 4.36. The van der Waals surface area contributed by atoms with Gasteiger partial charge in [-0.05, 0) is 83.2 Å². The van der Waals surface area contributed by atoms with Gasteiger partial charge in [-0.25, -0.2) is 9.17 Å². The van der Waals surface area contributed by atoms with E-state index in [0.717, 1.165) is 45.0 Å². The minimum Gasteiger partial charge on any atom is -0.478 e. The smallest absolute Gasteiger partial charge is 0.335 e. The van der Waals surface area contributed by atoms with Crippen molar-refractivity contribution in [3.63, 3.8) is 0 Å². The number of aromatic nitrogens is 1. The first-order chi connectivity index (χ1) is 15.2. The Morgan fingerprint density at radius 3 is 2.55 bits per heavy atom. The molecule has 0 unspecified atom stereocenters. The van der Waals surface area contributed by atoms with Crippen molar-refractivity contribution in [1.29, 1.82) is 0 Å². The highest BCUT2D eigenvalue weighted by Gasteiger charge is 2.27. The number of nitrogens with zero attached hydrogens (tertiary/aromatic N) is 1. The topological polar surface area (TPSA) is 62.2 Å². The molecule has 1 fully saturated rings. The first-order valence-electron chi connectivity index (χ1n) is 10.1. The van der Waals surface area contributed by atoms with Crippen LogP contribution in [-0.4, -0.2) is 15.4 Å². The van der Waals surface area contributed by atoms with Crippen LogP contribution < -0.4 is 4.72 Å². The van der Waals surface area contributed by atoms with Gasteiger partial charge >= 0.3 is 5.97 Å². The third-order valence-electron chi connectivity index (χ3n) is 5.38. The molecule has 3 aromatic carbocycles. The average Bonchev–Trinajstić information content (AvgIpc) is 3.50. The van der Waals surface area contributed by atoms with Gasteiger partial charge in [0, 0.05) is 16.7 Å². The average molecular weight is 445 g/mol. The van der Waals surface area contributed by atoms with Gasteiger partial charge in [-0.2, -0.15) is 0 Å². The van der Waals surface area contributed by atoms with E-state index in [1.54, 1.807) is 12.1 Å². The molecule has 2 N–H and O–H groups in total. The molecule has 0 amide bonds. The van der Waals surface area contributed by atoms with Gasteiger partial charge in [0.2, 0.25) is 0 Å². The van der Waals surface area contributed by atoms with Gasteiger partial charge in [-0.15, -0.1) is 0 Å². The van der Waals surface area contributed by atoms with Crippen LogP contribution in [0.25, 0.3) is 21.6 Å². The van der Waals surface area contributed by atoms with Crippen molar-refractivity contribution < 1.29 is 9.90 Å². The number of carbonyl (C=O) groups is 1. The molecule has 4 aromatic rings. The molecule has 1 aliphatic rings. The van der Waals surface area contributed by atoms with Crippen molar-refractivity contribution in [2.24, 2.45) is 0 Å². The zero-order valence-corrected chi connectivity index (χ0v) is 18.2. The van der Waals surface area contributed by atoms with E-state index >= 15 is 0 Å². The standard InChI is InChI=1S/C25H20N2O2S2/c28-25(29)19-9-11-21(17-6-7-17)24(15-19)31-27-22-14-18(23-12-13-26-30-23)8-10-20(22)16-4-2-1-3-5-16/h1-5,8-15,17,27H,6-7H2,(H,28,29). The first kappa shape index (κ1) is 19.8. The Hall–Kier alpha value is -3.09. The van der Waals surface area contributed by atoms with E-state index in [-0.39, 0.29) is 0 Å². The summed E-state index contributed by atoms with van der Waals surface area (Å²) in [5.41, 5.74) is 5.86. The molecule has 154 valence electrons. The molecule has 4 nitrogen and oxygen atoms in total. The summed E-state index contributed by atoms with van der Waals surface area (Å²) in [6.07, 6.45) is 4.14. The number of carboxylic acids is 1. The zero-order chi connectivity index (χ0) is 21.2. The third-order valence-corrected chi connectivity index (χ3v) is 7.07. The predicted octanol–water partition coefficient (Wildman–Crippen LogP) is 7.17. The fraction of sp³-hybridized carbons (Fsp3) is 0.120. The molecule has 1 aliphatic carbocycles. The summed E-state index contributed by atoms with van der Waals surface area (Å²) in [7, 11) is 0. The normalized spacial score (nSPS) is 13.2. The molecule has 5 rings (SSSR count). The summed E-state index contributed by atoms with van der Waals surface area (Å²) in [6.45, 7) is 0. The zero-order valence-electron chi connectivity index (χ0n) is 16.6. The Labute approximate surface area is 189 Å². The van der Waals surface area contributed by atoms with E-state index in [1.165, 1.54) is 29.0 Å². The SMILES string of the molecule is O=C(O)c1ccc(C2CC2)c(SNc2cc(-c3ccns3)ccc2-c2ccccc2)c1. The lowest BCUT2D eigenvalue weighted by Gasteiger charge is -2.15. The highest BCUT2D eigenvalue weighted by atomic mass is 32.2. The van der Waals surface area contributed by atoms with Crippen molar-refractivity contribution in [1.82, 2.24) is 4.37 Å². The quantitative estimate of drug-likeness (QED) is 0.296. The minimum atomic E-state index is -0.902. The number of carboxylic acid groups (broad SMARTS) is 1. The van der Waals surface area contributed by atoms with Crippen LogP contribution in [0.2, 0.25) is 0 Å². The maximum atomic E-state index is 11.5. The summed E-state index contributed by atoms with van der Waals surface area (Å²) < 4.78 is 7.75. The summed E-state index contributed by atoms with van der Waals surface area (Å²) in [5, 5.41) is 9.44. The van der Waals surface area contributed by atoms with E-state index in [4.69, 9.17) is 0 Å². The summed E-state index contributed by atoms with van der Waals surface area (Å²) in [6, 6.07) is 24.1. The van der Waals surface area contributed by atoms with E-state index < -0.39 is 5.97 Å². The lowest BCUT2D eigenvalue weighted by molar-refractivity contribution is 0.0696. The Kier molecular flexibility index (Phi) is 5.49. The minimum absolute atomic E-state index is 0.315. The van der Waals surface area contributed by atoms with Crippen LogP contribution in [0.3, 0.4) is 0 Å². The Morgan fingerprint density at radius 2 is 1.84 bits per heavy atom. The molecule has 0 bridgehead atoms. The summed E-state index contributed by atoms with van der Waals surface area (Å²) in [5.74, 6) is -0.370. The number of rotatable bonds is 7. The van der Waals surface area contributed by atoms with Crippen LogP contribution in [0.4, 0.5) is 5.69 Å². The number of aromatic carboxylic acids is 1. The second kappa shape index (κ2) is 8.57. The van der Waals surface area contributed by atoms with Crippen molar-refractivity contribution in [2.45, 2.75) is 23.7 Å². The number of hydrogen-bond acceptors (Lipinski definition) is 5. The van der Waals surface area contributed by atoms with Crippen molar-refractivity contribution in [3.05, 3.63) is 90.1 Å². The number of anilines is 1. The molecule has 1 aromatic heterocycles. The highest BCUT2D eigenvalue weighted by molar-refractivity contribution is 8.00. The van der Waals surface area contributed by atoms with Crippen molar-refractivity contribution >= 4 is 35.1 Å². The summed E-state index contributed by atoms with van der Waals surface area (Å²) >= 11 is 2.96. The highest BCUT2D eigenvalue weighted by Crippen LogP contribution is 2.45. The van der Waals surface area contributed by atoms with Gasteiger partial charge in [0.15, 0.2) is 0 Å². The number of nitrogens with one attached hydrogen (secondary N) is 1. The molecule has 0 aliphatic heterocycles. The fourth-order valence-corrected chi connectivity index (χ4v) is 5.13. The molecule has 0 saturated heterocycles. The van der Waals surface area contributed by atoms with E-state index in [2.05, 4.69) is 39.4 Å².